The summed E-state index contributed by atoms with van der Waals surface area (Å²) in [6.07, 6.45) is 0.858. The Morgan fingerprint density at radius 3 is 3.00 bits per heavy atom. The number of amides is 1. The first-order valence-electron chi connectivity index (χ1n) is 6.72. The molecule has 0 fully saturated rings. The van der Waals surface area contributed by atoms with E-state index in [9.17, 15) is 9.18 Å². The Labute approximate surface area is 121 Å². The van der Waals surface area contributed by atoms with E-state index >= 15 is 0 Å². The Balaban J connectivity index is 1.94. The monoisotopic (exact) mass is 289 g/mol. The van der Waals surface area contributed by atoms with Crippen LogP contribution in [0.25, 0.3) is 0 Å². The summed E-state index contributed by atoms with van der Waals surface area (Å²) in [5, 5.41) is 2.06. The summed E-state index contributed by atoms with van der Waals surface area (Å²) in [6, 6.07) is 7.06. The smallest absolute Gasteiger partial charge is 0.257 e. The lowest BCUT2D eigenvalue weighted by Crippen LogP contribution is -2.38. The van der Waals surface area contributed by atoms with Crippen molar-refractivity contribution in [3.8, 4) is 0 Å². The molecule has 0 radical (unpaired) electrons. The Morgan fingerprint density at radius 2 is 2.20 bits per heavy atom. The van der Waals surface area contributed by atoms with Crippen LogP contribution in [0.4, 0.5) is 4.39 Å². The summed E-state index contributed by atoms with van der Waals surface area (Å²) in [4.78, 5) is 15.7. The standard InChI is InChI=1S/C16H16FNOS/c1-10-4-3-5-13(15(10)17)16(19)18-8-6-14-12(11(18)2)7-9-20-14/h3-5,7,9,11H,6,8H2,1-2H3. The van der Waals surface area contributed by atoms with E-state index < -0.39 is 5.82 Å². The third kappa shape index (κ3) is 2.04. The molecule has 1 atom stereocenters. The SMILES string of the molecule is Cc1cccc(C(=O)N2CCc3sccc3C2C)c1F. The van der Waals surface area contributed by atoms with E-state index in [1.165, 1.54) is 10.4 Å². The Bertz CT molecular complexity index is 664. The molecule has 104 valence electrons. The van der Waals surface area contributed by atoms with E-state index in [0.717, 1.165) is 6.42 Å². The van der Waals surface area contributed by atoms with Crippen molar-refractivity contribution in [2.45, 2.75) is 26.3 Å². The van der Waals surface area contributed by atoms with Crippen LogP contribution in [0, 0.1) is 12.7 Å². The number of nitrogens with zero attached hydrogens (tertiary/aromatic N) is 1. The summed E-state index contributed by atoms with van der Waals surface area (Å²) >= 11 is 1.73. The zero-order valence-electron chi connectivity index (χ0n) is 11.5. The molecule has 0 saturated carbocycles. The number of fused-ring (bicyclic) bond motifs is 1. The second-order valence-corrected chi connectivity index (χ2v) is 6.16. The molecule has 0 saturated heterocycles. The van der Waals surface area contributed by atoms with E-state index in [0.29, 0.717) is 12.1 Å². The Morgan fingerprint density at radius 1 is 1.40 bits per heavy atom. The fraction of sp³-hybridized carbons (Fsp3) is 0.312. The maximum atomic E-state index is 14.1. The number of hydrogen-bond donors (Lipinski definition) is 0. The largest absolute Gasteiger partial charge is 0.331 e. The van der Waals surface area contributed by atoms with Gasteiger partial charge in [-0.25, -0.2) is 4.39 Å². The van der Waals surface area contributed by atoms with Gasteiger partial charge in [-0.1, -0.05) is 12.1 Å². The maximum absolute atomic E-state index is 14.1. The minimum absolute atomic E-state index is 0.0115. The van der Waals surface area contributed by atoms with Crippen LogP contribution in [-0.4, -0.2) is 17.4 Å². The lowest BCUT2D eigenvalue weighted by atomic mass is 10.00. The van der Waals surface area contributed by atoms with Gasteiger partial charge in [0.25, 0.3) is 5.91 Å². The quantitative estimate of drug-likeness (QED) is 0.778. The number of rotatable bonds is 1. The fourth-order valence-corrected chi connectivity index (χ4v) is 3.72. The van der Waals surface area contributed by atoms with Crippen molar-refractivity contribution in [3.05, 3.63) is 57.0 Å². The first-order chi connectivity index (χ1) is 9.59. The molecule has 3 rings (SSSR count). The predicted octanol–water partition coefficient (Wildman–Crippen LogP) is 3.96. The van der Waals surface area contributed by atoms with E-state index in [-0.39, 0.29) is 17.5 Å². The Hall–Kier alpha value is -1.68. The van der Waals surface area contributed by atoms with Gasteiger partial charge in [0, 0.05) is 11.4 Å². The second-order valence-electron chi connectivity index (χ2n) is 5.16. The second kappa shape index (κ2) is 5.02. The number of aryl methyl sites for hydroxylation is 1. The zero-order chi connectivity index (χ0) is 14.3. The van der Waals surface area contributed by atoms with Crippen molar-refractivity contribution in [1.82, 2.24) is 4.90 Å². The van der Waals surface area contributed by atoms with Gasteiger partial charge in [0.1, 0.15) is 5.82 Å². The molecule has 2 nitrogen and oxygen atoms in total. The first-order valence-corrected chi connectivity index (χ1v) is 7.60. The van der Waals surface area contributed by atoms with Crippen molar-refractivity contribution in [3.63, 3.8) is 0 Å². The summed E-state index contributed by atoms with van der Waals surface area (Å²) in [7, 11) is 0. The molecule has 1 aromatic carbocycles. The van der Waals surface area contributed by atoms with Crippen LogP contribution in [0.15, 0.2) is 29.6 Å². The maximum Gasteiger partial charge on any atom is 0.257 e. The molecule has 2 heterocycles. The summed E-state index contributed by atoms with van der Waals surface area (Å²) in [6.45, 7) is 4.35. The normalized spacial score (nSPS) is 17.9. The molecule has 0 aliphatic carbocycles. The fourth-order valence-electron chi connectivity index (χ4n) is 2.75. The molecule has 1 unspecified atom stereocenters. The van der Waals surface area contributed by atoms with Crippen molar-refractivity contribution in [1.29, 1.82) is 0 Å². The molecule has 20 heavy (non-hydrogen) atoms. The topological polar surface area (TPSA) is 20.3 Å². The van der Waals surface area contributed by atoms with Crippen LogP contribution in [0.3, 0.4) is 0 Å². The highest BCUT2D eigenvalue weighted by Gasteiger charge is 2.30. The number of carbonyl (C=O) groups is 1. The van der Waals surface area contributed by atoms with Crippen LogP contribution in [0.2, 0.25) is 0 Å². The number of hydrogen-bond acceptors (Lipinski definition) is 2. The molecule has 4 heteroatoms. The van der Waals surface area contributed by atoms with Crippen LogP contribution in [-0.2, 0) is 6.42 Å². The van der Waals surface area contributed by atoms with Gasteiger partial charge in [0.05, 0.1) is 11.6 Å². The average Bonchev–Trinajstić information content (AvgIpc) is 2.91. The summed E-state index contributed by atoms with van der Waals surface area (Å²) < 4.78 is 14.1. The lowest BCUT2D eigenvalue weighted by molar-refractivity contribution is 0.0674. The molecule has 1 aromatic heterocycles. The minimum Gasteiger partial charge on any atom is -0.331 e. The van der Waals surface area contributed by atoms with Gasteiger partial charge in [-0.05, 0) is 48.9 Å². The van der Waals surface area contributed by atoms with Crippen molar-refractivity contribution < 1.29 is 9.18 Å². The van der Waals surface area contributed by atoms with Gasteiger partial charge in [-0.15, -0.1) is 11.3 Å². The molecular weight excluding hydrogens is 273 g/mol. The van der Waals surface area contributed by atoms with E-state index in [2.05, 4.69) is 11.4 Å². The van der Waals surface area contributed by atoms with Crippen molar-refractivity contribution in [2.24, 2.45) is 0 Å². The van der Waals surface area contributed by atoms with E-state index in [1.54, 1.807) is 41.4 Å². The van der Waals surface area contributed by atoms with Crippen LogP contribution < -0.4 is 0 Å². The third-order valence-corrected chi connectivity index (χ3v) is 4.96. The minimum atomic E-state index is -0.402. The van der Waals surface area contributed by atoms with Gasteiger partial charge in [-0.2, -0.15) is 0 Å². The predicted molar refractivity (Wildman–Crippen MR) is 78.6 cm³/mol. The lowest BCUT2D eigenvalue weighted by Gasteiger charge is -2.33. The molecule has 1 amide bonds. The highest BCUT2D eigenvalue weighted by molar-refractivity contribution is 7.10. The first kappa shape index (κ1) is 13.3. The van der Waals surface area contributed by atoms with Gasteiger partial charge in [-0.3, -0.25) is 4.79 Å². The molecule has 1 aliphatic rings. The van der Waals surface area contributed by atoms with Crippen LogP contribution >= 0.6 is 11.3 Å². The van der Waals surface area contributed by atoms with Crippen molar-refractivity contribution >= 4 is 17.2 Å². The number of benzene rings is 1. The molecule has 2 aromatic rings. The Kier molecular flexibility index (Phi) is 3.34. The average molecular weight is 289 g/mol. The molecule has 0 spiro atoms. The van der Waals surface area contributed by atoms with E-state index in [4.69, 9.17) is 0 Å². The highest BCUT2D eigenvalue weighted by Crippen LogP contribution is 2.34. The molecule has 0 bridgehead atoms. The summed E-state index contributed by atoms with van der Waals surface area (Å²) in [5.41, 5.74) is 1.88. The van der Waals surface area contributed by atoms with Gasteiger partial charge >= 0.3 is 0 Å². The number of carbonyl (C=O) groups excluding carboxylic acids is 1. The highest BCUT2D eigenvalue weighted by atomic mass is 32.1. The van der Waals surface area contributed by atoms with Gasteiger partial charge in [0.2, 0.25) is 0 Å². The third-order valence-electron chi connectivity index (χ3n) is 3.96. The van der Waals surface area contributed by atoms with Gasteiger partial charge < -0.3 is 4.90 Å². The molecule has 1 aliphatic heterocycles. The molecular formula is C16H16FNOS. The van der Waals surface area contributed by atoms with Crippen LogP contribution in [0.5, 0.6) is 0 Å². The van der Waals surface area contributed by atoms with Crippen molar-refractivity contribution in [2.75, 3.05) is 6.54 Å². The van der Waals surface area contributed by atoms with Crippen LogP contribution in [0.1, 0.15) is 39.3 Å². The van der Waals surface area contributed by atoms with Gasteiger partial charge in [0.15, 0.2) is 0 Å². The molecule has 0 N–H and O–H groups in total. The number of halogens is 1. The summed E-state index contributed by atoms with van der Waals surface area (Å²) in [5.74, 6) is -0.614. The van der Waals surface area contributed by atoms with E-state index in [1.807, 2.05) is 6.92 Å². The number of thiophene rings is 1. The zero-order valence-corrected chi connectivity index (χ0v) is 12.3.